The monoisotopic (exact) mass is 271 g/mol. The summed E-state index contributed by atoms with van der Waals surface area (Å²) < 4.78 is 6.06. The maximum atomic E-state index is 6.06. The lowest BCUT2D eigenvalue weighted by molar-refractivity contribution is 0.110. The van der Waals surface area contributed by atoms with Gasteiger partial charge in [-0.3, -0.25) is 0 Å². The molecule has 1 aliphatic rings. The number of rotatable bonds is 3. The van der Waals surface area contributed by atoms with E-state index in [1.165, 1.54) is 0 Å². The van der Waals surface area contributed by atoms with Gasteiger partial charge in [0.1, 0.15) is 6.10 Å². The van der Waals surface area contributed by atoms with Crippen LogP contribution in [0.5, 0.6) is 5.88 Å². The van der Waals surface area contributed by atoms with Gasteiger partial charge < -0.3 is 15.4 Å². The van der Waals surface area contributed by atoms with Crippen molar-refractivity contribution < 1.29 is 4.74 Å². The van der Waals surface area contributed by atoms with Gasteiger partial charge in [-0.2, -0.15) is 0 Å². The van der Waals surface area contributed by atoms with Gasteiger partial charge in [-0.15, -0.1) is 0 Å². The van der Waals surface area contributed by atoms with Crippen molar-refractivity contribution in [1.82, 2.24) is 9.88 Å². The average molecular weight is 271 g/mol. The molecule has 1 aliphatic heterocycles. The standard InChI is InChI=1S/C16H21N3O/c1-19-8-6-13(7-9-19)20-16-10-12(11-17)14-4-2-3-5-15(14)18-16/h2-5,10,13H,6-9,11,17H2,1H3. The summed E-state index contributed by atoms with van der Waals surface area (Å²) in [6, 6.07) is 10.1. The third-order valence-corrected chi connectivity index (χ3v) is 3.95. The molecule has 4 nitrogen and oxygen atoms in total. The quantitative estimate of drug-likeness (QED) is 0.929. The molecule has 0 aliphatic carbocycles. The minimum absolute atomic E-state index is 0.269. The number of likely N-dealkylation sites (tertiary alicyclic amines) is 1. The molecule has 1 fully saturated rings. The summed E-state index contributed by atoms with van der Waals surface area (Å²) >= 11 is 0. The summed E-state index contributed by atoms with van der Waals surface area (Å²) in [5, 5.41) is 1.12. The number of ether oxygens (including phenoxy) is 1. The number of aromatic nitrogens is 1. The fraction of sp³-hybridized carbons (Fsp3) is 0.438. The van der Waals surface area contributed by atoms with Crippen LogP contribution in [0.2, 0.25) is 0 Å². The largest absolute Gasteiger partial charge is 0.474 e. The molecular formula is C16H21N3O. The van der Waals surface area contributed by atoms with Gasteiger partial charge in [-0.25, -0.2) is 4.98 Å². The molecule has 2 aromatic rings. The van der Waals surface area contributed by atoms with Gasteiger partial charge >= 0.3 is 0 Å². The number of hydrogen-bond donors (Lipinski definition) is 1. The van der Waals surface area contributed by atoms with E-state index in [0.29, 0.717) is 12.4 Å². The SMILES string of the molecule is CN1CCC(Oc2cc(CN)c3ccccc3n2)CC1. The Morgan fingerprint density at radius 1 is 1.30 bits per heavy atom. The van der Waals surface area contributed by atoms with E-state index < -0.39 is 0 Å². The Labute approximate surface area is 119 Å². The highest BCUT2D eigenvalue weighted by Gasteiger charge is 2.19. The van der Waals surface area contributed by atoms with Gasteiger partial charge in [0, 0.05) is 31.1 Å². The zero-order valence-electron chi connectivity index (χ0n) is 11.9. The summed E-state index contributed by atoms with van der Waals surface area (Å²) in [6.07, 6.45) is 2.39. The van der Waals surface area contributed by atoms with Gasteiger partial charge in [0.2, 0.25) is 5.88 Å². The van der Waals surface area contributed by atoms with Crippen LogP contribution in [0.3, 0.4) is 0 Å². The molecular weight excluding hydrogens is 250 g/mol. The summed E-state index contributed by atoms with van der Waals surface area (Å²) in [6.45, 7) is 2.68. The number of pyridine rings is 1. The zero-order valence-corrected chi connectivity index (χ0v) is 11.9. The lowest BCUT2D eigenvalue weighted by atomic mass is 10.1. The van der Waals surface area contributed by atoms with E-state index in [4.69, 9.17) is 10.5 Å². The Morgan fingerprint density at radius 2 is 2.05 bits per heavy atom. The fourth-order valence-corrected chi connectivity index (χ4v) is 2.72. The highest BCUT2D eigenvalue weighted by atomic mass is 16.5. The molecule has 1 saturated heterocycles. The van der Waals surface area contributed by atoms with E-state index in [1.807, 2.05) is 24.3 Å². The van der Waals surface area contributed by atoms with Crippen LogP contribution >= 0.6 is 0 Å². The Morgan fingerprint density at radius 3 is 2.80 bits per heavy atom. The van der Waals surface area contributed by atoms with Crippen molar-refractivity contribution in [2.75, 3.05) is 20.1 Å². The molecule has 1 aromatic heterocycles. The number of nitrogens with zero attached hydrogens (tertiary/aromatic N) is 2. The van der Waals surface area contributed by atoms with Crippen LogP contribution < -0.4 is 10.5 Å². The van der Waals surface area contributed by atoms with Crippen LogP contribution in [0.1, 0.15) is 18.4 Å². The molecule has 0 atom stereocenters. The first-order chi connectivity index (χ1) is 9.76. The van der Waals surface area contributed by atoms with Crippen molar-refractivity contribution in [3.05, 3.63) is 35.9 Å². The molecule has 2 heterocycles. The topological polar surface area (TPSA) is 51.4 Å². The molecule has 1 aromatic carbocycles. The normalized spacial score (nSPS) is 17.5. The van der Waals surface area contributed by atoms with E-state index in [1.54, 1.807) is 0 Å². The number of hydrogen-bond acceptors (Lipinski definition) is 4. The number of nitrogens with two attached hydrogens (primary N) is 1. The Bertz CT molecular complexity index is 591. The van der Waals surface area contributed by atoms with Gasteiger partial charge in [0.15, 0.2) is 0 Å². The molecule has 106 valence electrons. The second-order valence-electron chi connectivity index (χ2n) is 5.46. The first-order valence-electron chi connectivity index (χ1n) is 7.20. The van der Waals surface area contributed by atoms with E-state index in [9.17, 15) is 0 Å². The first-order valence-corrected chi connectivity index (χ1v) is 7.20. The lowest BCUT2D eigenvalue weighted by Crippen LogP contribution is -2.35. The van der Waals surface area contributed by atoms with E-state index in [2.05, 4.69) is 23.0 Å². The molecule has 0 radical (unpaired) electrons. The third-order valence-electron chi connectivity index (χ3n) is 3.95. The van der Waals surface area contributed by atoms with Crippen molar-refractivity contribution in [2.45, 2.75) is 25.5 Å². The minimum Gasteiger partial charge on any atom is -0.474 e. The molecule has 0 unspecified atom stereocenters. The number of fused-ring (bicyclic) bond motifs is 1. The predicted octanol–water partition coefficient (Wildman–Crippen LogP) is 2.17. The van der Waals surface area contributed by atoms with E-state index in [-0.39, 0.29) is 6.10 Å². The van der Waals surface area contributed by atoms with Gasteiger partial charge in [0.05, 0.1) is 5.52 Å². The smallest absolute Gasteiger partial charge is 0.214 e. The van der Waals surface area contributed by atoms with Crippen LogP contribution in [0.25, 0.3) is 10.9 Å². The maximum absolute atomic E-state index is 6.06. The zero-order chi connectivity index (χ0) is 13.9. The number of piperidine rings is 1. The van der Waals surface area contributed by atoms with Gasteiger partial charge in [-0.05, 0) is 31.5 Å². The van der Waals surface area contributed by atoms with Crippen molar-refractivity contribution in [2.24, 2.45) is 5.73 Å². The molecule has 0 amide bonds. The Hall–Kier alpha value is -1.65. The van der Waals surface area contributed by atoms with Gasteiger partial charge in [0.25, 0.3) is 0 Å². The first kappa shape index (κ1) is 13.3. The fourth-order valence-electron chi connectivity index (χ4n) is 2.72. The van der Waals surface area contributed by atoms with Crippen LogP contribution in [-0.2, 0) is 6.54 Å². The average Bonchev–Trinajstić information content (AvgIpc) is 2.49. The molecule has 3 rings (SSSR count). The third kappa shape index (κ3) is 2.76. The van der Waals surface area contributed by atoms with Crippen LogP contribution in [0, 0.1) is 0 Å². The number of benzene rings is 1. The molecule has 4 heteroatoms. The van der Waals surface area contributed by atoms with Gasteiger partial charge in [-0.1, -0.05) is 18.2 Å². The number of para-hydroxylation sites is 1. The Balaban J connectivity index is 1.84. The van der Waals surface area contributed by atoms with Crippen molar-refractivity contribution in [3.8, 4) is 5.88 Å². The van der Waals surface area contributed by atoms with Crippen LogP contribution in [-0.4, -0.2) is 36.1 Å². The molecule has 0 saturated carbocycles. The molecule has 0 bridgehead atoms. The summed E-state index contributed by atoms with van der Waals surface area (Å²) in [5.41, 5.74) is 7.90. The summed E-state index contributed by atoms with van der Waals surface area (Å²) in [4.78, 5) is 6.94. The van der Waals surface area contributed by atoms with Crippen molar-refractivity contribution >= 4 is 10.9 Å². The lowest BCUT2D eigenvalue weighted by Gasteiger charge is -2.29. The highest BCUT2D eigenvalue weighted by Crippen LogP contribution is 2.24. The summed E-state index contributed by atoms with van der Waals surface area (Å²) in [7, 11) is 2.15. The molecule has 0 spiro atoms. The van der Waals surface area contributed by atoms with Crippen LogP contribution in [0.15, 0.2) is 30.3 Å². The second kappa shape index (κ2) is 5.77. The van der Waals surface area contributed by atoms with E-state index in [0.717, 1.165) is 42.4 Å². The van der Waals surface area contributed by atoms with Crippen molar-refractivity contribution in [3.63, 3.8) is 0 Å². The maximum Gasteiger partial charge on any atom is 0.214 e. The molecule has 20 heavy (non-hydrogen) atoms. The van der Waals surface area contributed by atoms with Crippen molar-refractivity contribution in [1.29, 1.82) is 0 Å². The second-order valence-corrected chi connectivity index (χ2v) is 5.46. The van der Waals surface area contributed by atoms with E-state index >= 15 is 0 Å². The Kier molecular flexibility index (Phi) is 3.85. The summed E-state index contributed by atoms with van der Waals surface area (Å²) in [5.74, 6) is 0.707. The highest BCUT2D eigenvalue weighted by molar-refractivity contribution is 5.82. The van der Waals surface area contributed by atoms with Crippen LogP contribution in [0.4, 0.5) is 0 Å². The predicted molar refractivity (Wildman–Crippen MR) is 80.8 cm³/mol. The molecule has 2 N–H and O–H groups in total. The minimum atomic E-state index is 0.269.